The maximum Gasteiger partial charge on any atom is 0.334 e. The summed E-state index contributed by atoms with van der Waals surface area (Å²) in [6.45, 7) is 1.83. The highest BCUT2D eigenvalue weighted by molar-refractivity contribution is 5.95. The van der Waals surface area contributed by atoms with Crippen LogP contribution in [0.15, 0.2) is 24.3 Å². The van der Waals surface area contributed by atoms with Gasteiger partial charge in [-0.3, -0.25) is 14.9 Å². The van der Waals surface area contributed by atoms with E-state index in [4.69, 9.17) is 9.84 Å². The predicted octanol–water partition coefficient (Wildman–Crippen LogP) is 0.909. The third-order valence-electron chi connectivity index (χ3n) is 3.13. The molecule has 8 heteroatoms. The van der Waals surface area contributed by atoms with Crippen LogP contribution in [-0.2, 0) is 9.53 Å². The van der Waals surface area contributed by atoms with Crippen LogP contribution in [0.4, 0.5) is 5.69 Å². The number of ether oxygens (including phenoxy) is 1. The molecule has 1 fully saturated rings. The van der Waals surface area contributed by atoms with Gasteiger partial charge in [-0.2, -0.15) is 0 Å². The van der Waals surface area contributed by atoms with Crippen LogP contribution in [0.2, 0.25) is 0 Å². The van der Waals surface area contributed by atoms with E-state index in [-0.39, 0.29) is 24.3 Å². The number of carboxylic acids is 1. The Balaban J connectivity index is 2.20. The summed E-state index contributed by atoms with van der Waals surface area (Å²) in [4.78, 5) is 34.8. The van der Waals surface area contributed by atoms with E-state index in [2.05, 4.69) is 0 Å². The number of carboxylic acid groups (broad SMARTS) is 1. The molecule has 0 aromatic heterocycles. The maximum absolute atomic E-state index is 12.3. The lowest BCUT2D eigenvalue weighted by Gasteiger charge is -2.34. The monoisotopic (exact) mass is 294 g/mol. The minimum absolute atomic E-state index is 0.0821. The van der Waals surface area contributed by atoms with Crippen molar-refractivity contribution in [2.75, 3.05) is 13.1 Å². The Morgan fingerprint density at radius 3 is 2.76 bits per heavy atom. The predicted molar refractivity (Wildman–Crippen MR) is 71.0 cm³/mol. The molecule has 1 saturated heterocycles. The topological polar surface area (TPSA) is 110 Å². The number of carbonyl (C=O) groups excluding carboxylic acids is 1. The summed E-state index contributed by atoms with van der Waals surface area (Å²) in [5.41, 5.74) is -0.0284. The van der Waals surface area contributed by atoms with Gasteiger partial charge in [0.1, 0.15) is 0 Å². The van der Waals surface area contributed by atoms with Gasteiger partial charge in [-0.25, -0.2) is 4.79 Å². The van der Waals surface area contributed by atoms with Crippen molar-refractivity contribution in [3.05, 3.63) is 39.9 Å². The van der Waals surface area contributed by atoms with Gasteiger partial charge in [0, 0.05) is 24.2 Å². The number of hydrogen-bond acceptors (Lipinski definition) is 5. The first kappa shape index (κ1) is 14.9. The quantitative estimate of drug-likeness (QED) is 0.655. The SMILES string of the molecule is C[C@@H]1CN(C(=O)c2cccc([N+](=O)[O-])c2)CC(C(=O)O)O1. The third kappa shape index (κ3) is 3.34. The summed E-state index contributed by atoms with van der Waals surface area (Å²) in [5.74, 6) is -1.58. The van der Waals surface area contributed by atoms with Crippen LogP contribution in [0.1, 0.15) is 17.3 Å². The van der Waals surface area contributed by atoms with Crippen LogP contribution in [0.3, 0.4) is 0 Å². The molecule has 2 atom stereocenters. The Labute approximate surface area is 120 Å². The molecule has 1 aromatic carbocycles. The fourth-order valence-corrected chi connectivity index (χ4v) is 2.19. The van der Waals surface area contributed by atoms with Gasteiger partial charge >= 0.3 is 5.97 Å². The van der Waals surface area contributed by atoms with Crippen molar-refractivity contribution in [1.29, 1.82) is 0 Å². The van der Waals surface area contributed by atoms with E-state index in [9.17, 15) is 19.7 Å². The van der Waals surface area contributed by atoms with Crippen LogP contribution in [-0.4, -0.2) is 52.1 Å². The second-order valence-corrected chi connectivity index (χ2v) is 4.79. The lowest BCUT2D eigenvalue weighted by atomic mass is 10.1. The Morgan fingerprint density at radius 2 is 2.14 bits per heavy atom. The van der Waals surface area contributed by atoms with Gasteiger partial charge in [0.15, 0.2) is 6.10 Å². The highest BCUT2D eigenvalue weighted by Gasteiger charge is 2.33. The van der Waals surface area contributed by atoms with Gasteiger partial charge in [-0.05, 0) is 13.0 Å². The molecule has 1 amide bonds. The molecule has 0 aliphatic carbocycles. The highest BCUT2D eigenvalue weighted by atomic mass is 16.6. The van der Waals surface area contributed by atoms with Crippen molar-refractivity contribution in [2.24, 2.45) is 0 Å². The summed E-state index contributed by atoms with van der Waals surface area (Å²) in [7, 11) is 0. The summed E-state index contributed by atoms with van der Waals surface area (Å²) < 4.78 is 5.22. The Kier molecular flexibility index (Phi) is 4.18. The maximum atomic E-state index is 12.3. The first-order valence-corrected chi connectivity index (χ1v) is 6.30. The van der Waals surface area contributed by atoms with Gasteiger partial charge in [0.05, 0.1) is 17.6 Å². The number of hydrogen-bond donors (Lipinski definition) is 1. The Bertz CT molecular complexity index is 588. The molecule has 1 aromatic rings. The zero-order valence-corrected chi connectivity index (χ0v) is 11.3. The van der Waals surface area contributed by atoms with Crippen LogP contribution >= 0.6 is 0 Å². The number of nitro groups is 1. The zero-order valence-electron chi connectivity index (χ0n) is 11.3. The number of benzene rings is 1. The summed E-state index contributed by atoms with van der Waals surface area (Å²) >= 11 is 0. The molecule has 0 radical (unpaired) electrons. The van der Waals surface area contributed by atoms with Crippen LogP contribution in [0, 0.1) is 10.1 Å². The number of nitrogens with zero attached hydrogens (tertiary/aromatic N) is 2. The number of amides is 1. The molecule has 2 rings (SSSR count). The Morgan fingerprint density at radius 1 is 1.43 bits per heavy atom. The molecule has 1 N–H and O–H groups in total. The molecular weight excluding hydrogens is 280 g/mol. The molecule has 112 valence electrons. The highest BCUT2D eigenvalue weighted by Crippen LogP contribution is 2.18. The number of nitro benzene ring substituents is 1. The van der Waals surface area contributed by atoms with Crippen molar-refractivity contribution in [3.8, 4) is 0 Å². The van der Waals surface area contributed by atoms with Crippen LogP contribution < -0.4 is 0 Å². The number of carbonyl (C=O) groups is 2. The van der Waals surface area contributed by atoms with E-state index >= 15 is 0 Å². The van der Waals surface area contributed by atoms with Gasteiger partial charge < -0.3 is 14.7 Å². The van der Waals surface area contributed by atoms with Crippen molar-refractivity contribution < 1.29 is 24.4 Å². The molecule has 1 aliphatic rings. The smallest absolute Gasteiger partial charge is 0.334 e. The van der Waals surface area contributed by atoms with Gasteiger partial charge in [-0.15, -0.1) is 0 Å². The minimum Gasteiger partial charge on any atom is -0.479 e. The van der Waals surface area contributed by atoms with E-state index in [0.717, 1.165) is 0 Å². The number of aliphatic carboxylic acids is 1. The van der Waals surface area contributed by atoms with Crippen LogP contribution in [0.5, 0.6) is 0 Å². The fraction of sp³-hybridized carbons (Fsp3) is 0.385. The van der Waals surface area contributed by atoms with Gasteiger partial charge in [-0.1, -0.05) is 6.07 Å². The Hall–Kier alpha value is -2.48. The van der Waals surface area contributed by atoms with E-state index in [1.165, 1.54) is 29.2 Å². The fourth-order valence-electron chi connectivity index (χ4n) is 2.19. The third-order valence-corrected chi connectivity index (χ3v) is 3.13. The zero-order chi connectivity index (χ0) is 15.6. The van der Waals surface area contributed by atoms with Crippen molar-refractivity contribution in [2.45, 2.75) is 19.1 Å². The lowest BCUT2D eigenvalue weighted by Crippen LogP contribution is -2.51. The van der Waals surface area contributed by atoms with Crippen LogP contribution in [0.25, 0.3) is 0 Å². The van der Waals surface area contributed by atoms with E-state index in [1.807, 2.05) is 0 Å². The summed E-state index contributed by atoms with van der Waals surface area (Å²) in [6, 6.07) is 5.35. The molecular formula is C13H14N2O6. The average molecular weight is 294 g/mol. The normalized spacial score (nSPS) is 21.9. The van der Waals surface area contributed by atoms with Crippen molar-refractivity contribution >= 4 is 17.6 Å². The summed E-state index contributed by atoms with van der Waals surface area (Å²) in [6.07, 6.45) is -1.50. The standard InChI is InChI=1S/C13H14N2O6/c1-8-6-14(7-11(21-8)13(17)18)12(16)9-3-2-4-10(5-9)15(19)20/h2-5,8,11H,6-7H2,1H3,(H,17,18)/t8-,11?/m1/s1. The first-order valence-electron chi connectivity index (χ1n) is 6.30. The van der Waals surface area contributed by atoms with Gasteiger partial charge in [0.25, 0.3) is 11.6 Å². The number of non-ortho nitro benzene ring substituents is 1. The van der Waals surface area contributed by atoms with E-state index in [0.29, 0.717) is 0 Å². The number of morpholine rings is 1. The molecule has 1 unspecified atom stereocenters. The molecule has 21 heavy (non-hydrogen) atoms. The molecule has 0 saturated carbocycles. The molecule has 1 aliphatic heterocycles. The first-order chi connectivity index (χ1) is 9.88. The molecule has 1 heterocycles. The average Bonchev–Trinajstić information content (AvgIpc) is 2.45. The minimum atomic E-state index is -1.14. The van der Waals surface area contributed by atoms with Gasteiger partial charge in [0.2, 0.25) is 0 Å². The summed E-state index contributed by atoms with van der Waals surface area (Å²) in [5, 5.41) is 19.7. The molecule has 0 bridgehead atoms. The van der Waals surface area contributed by atoms with Crippen molar-refractivity contribution in [1.82, 2.24) is 4.90 Å². The van der Waals surface area contributed by atoms with E-state index in [1.54, 1.807) is 6.92 Å². The number of rotatable bonds is 3. The lowest BCUT2D eigenvalue weighted by molar-refractivity contribution is -0.384. The molecule has 0 spiro atoms. The molecule has 8 nitrogen and oxygen atoms in total. The second-order valence-electron chi connectivity index (χ2n) is 4.79. The largest absolute Gasteiger partial charge is 0.479 e. The van der Waals surface area contributed by atoms with E-state index < -0.39 is 29.0 Å². The van der Waals surface area contributed by atoms with Crippen molar-refractivity contribution in [3.63, 3.8) is 0 Å². The second kappa shape index (κ2) is 5.88.